The molecule has 2 fully saturated rings. The Morgan fingerprint density at radius 2 is 2.11 bits per heavy atom. The van der Waals surface area contributed by atoms with Crippen molar-refractivity contribution < 1.29 is 4.74 Å². The zero-order chi connectivity index (χ0) is 19.8. The summed E-state index contributed by atoms with van der Waals surface area (Å²) in [6.45, 7) is 11.4. The van der Waals surface area contributed by atoms with Gasteiger partial charge in [0.05, 0.1) is 18.9 Å². The average molecular weight is 382 g/mol. The first kappa shape index (κ1) is 20.3. The number of guanidine groups is 1. The first-order valence-electron chi connectivity index (χ1n) is 10.0. The fourth-order valence-electron chi connectivity index (χ4n) is 3.74. The minimum Gasteiger partial charge on any atom is -0.378 e. The van der Waals surface area contributed by atoms with Gasteiger partial charge in [0.2, 0.25) is 5.96 Å². The Bertz CT molecular complexity index is 749. The minimum atomic E-state index is 0.244. The Hall–Kier alpha value is -2.44. The second-order valence-corrected chi connectivity index (χ2v) is 7.24. The van der Waals surface area contributed by atoms with Crippen molar-refractivity contribution in [3.8, 4) is 0 Å². The molecule has 1 unspecified atom stereocenters. The summed E-state index contributed by atoms with van der Waals surface area (Å²) in [7, 11) is 0. The number of ether oxygens (including phenoxy) is 1. The number of morpholine rings is 1. The van der Waals surface area contributed by atoms with Gasteiger partial charge >= 0.3 is 0 Å². The van der Waals surface area contributed by atoms with Crippen molar-refractivity contribution in [3.05, 3.63) is 48.6 Å². The summed E-state index contributed by atoms with van der Waals surface area (Å²) in [5.41, 5.74) is 9.36. The zero-order valence-electron chi connectivity index (χ0n) is 16.8. The number of hydrogen-bond donors (Lipinski definition) is 1. The van der Waals surface area contributed by atoms with Crippen molar-refractivity contribution >= 4 is 23.5 Å². The van der Waals surface area contributed by atoms with Gasteiger partial charge in [-0.1, -0.05) is 18.7 Å². The molecule has 2 heterocycles. The number of benzene rings is 1. The first-order chi connectivity index (χ1) is 13.7. The maximum Gasteiger partial charge on any atom is 0.220 e. The number of hydrogen-bond acceptors (Lipinski definition) is 4. The van der Waals surface area contributed by atoms with E-state index in [9.17, 15) is 0 Å². The fraction of sp³-hybridized carbons (Fsp3) is 0.455. The quantitative estimate of drug-likeness (QED) is 0.467. The van der Waals surface area contributed by atoms with E-state index in [1.807, 2.05) is 6.07 Å². The van der Waals surface area contributed by atoms with Crippen LogP contribution in [0.3, 0.4) is 0 Å². The number of aliphatic imine (C=N–C) groups is 2. The number of rotatable bonds is 6. The van der Waals surface area contributed by atoms with Crippen molar-refractivity contribution in [2.75, 3.05) is 37.7 Å². The van der Waals surface area contributed by atoms with Crippen LogP contribution in [-0.4, -0.2) is 56.0 Å². The summed E-state index contributed by atoms with van der Waals surface area (Å²) in [4.78, 5) is 13.6. The van der Waals surface area contributed by atoms with Crippen LogP contribution < -0.4 is 10.6 Å². The van der Waals surface area contributed by atoms with Gasteiger partial charge in [-0.05, 0) is 56.1 Å². The maximum atomic E-state index is 5.96. The molecule has 2 aliphatic heterocycles. The standard InChI is InChI=1S/C22H31N5O/c1-3-4-5-10-24-22(23)25-20-8-9-21(26-12-14-28-15-13-26)19(16-20)17-27-11-6-7-18(27)2/h3-5,8-10,16,18H,1,6-7,11-15,17H2,2H3,(H2,23,25)/b5-4+,24-10+. The van der Waals surface area contributed by atoms with E-state index in [0.29, 0.717) is 6.04 Å². The van der Waals surface area contributed by atoms with Crippen LogP contribution in [0, 0.1) is 0 Å². The summed E-state index contributed by atoms with van der Waals surface area (Å²) in [5, 5.41) is 0. The summed E-state index contributed by atoms with van der Waals surface area (Å²) >= 11 is 0. The predicted octanol–water partition coefficient (Wildman–Crippen LogP) is 3.27. The number of anilines is 1. The molecular weight excluding hydrogens is 350 g/mol. The van der Waals surface area contributed by atoms with Crippen LogP contribution in [0.5, 0.6) is 0 Å². The van der Waals surface area contributed by atoms with Crippen molar-refractivity contribution in [1.29, 1.82) is 0 Å². The van der Waals surface area contributed by atoms with Crippen LogP contribution in [0.25, 0.3) is 0 Å². The zero-order valence-corrected chi connectivity index (χ0v) is 16.8. The van der Waals surface area contributed by atoms with Crippen LogP contribution >= 0.6 is 0 Å². The summed E-state index contributed by atoms with van der Waals surface area (Å²) in [6.07, 6.45) is 9.42. The molecule has 1 aromatic carbocycles. The van der Waals surface area contributed by atoms with Crippen LogP contribution in [0.15, 0.2) is 53.0 Å². The van der Waals surface area contributed by atoms with E-state index in [4.69, 9.17) is 10.5 Å². The highest BCUT2D eigenvalue weighted by molar-refractivity contribution is 5.91. The lowest BCUT2D eigenvalue weighted by atomic mass is 10.1. The lowest BCUT2D eigenvalue weighted by molar-refractivity contribution is 0.122. The van der Waals surface area contributed by atoms with Crippen LogP contribution in [0.1, 0.15) is 25.3 Å². The highest BCUT2D eigenvalue weighted by Crippen LogP contribution is 2.30. The first-order valence-corrected chi connectivity index (χ1v) is 10.0. The molecule has 1 aromatic rings. The average Bonchev–Trinajstić information content (AvgIpc) is 3.11. The van der Waals surface area contributed by atoms with Crippen molar-refractivity contribution in [2.45, 2.75) is 32.4 Å². The van der Waals surface area contributed by atoms with Gasteiger partial charge in [0.1, 0.15) is 0 Å². The van der Waals surface area contributed by atoms with Gasteiger partial charge in [0.25, 0.3) is 0 Å². The van der Waals surface area contributed by atoms with Crippen molar-refractivity contribution in [2.24, 2.45) is 15.7 Å². The second kappa shape index (κ2) is 10.2. The summed E-state index contributed by atoms with van der Waals surface area (Å²) in [5.74, 6) is 0.244. The molecular formula is C22H31N5O. The van der Waals surface area contributed by atoms with E-state index in [1.165, 1.54) is 24.1 Å². The smallest absolute Gasteiger partial charge is 0.220 e. The molecule has 1 atom stereocenters. The molecule has 0 bridgehead atoms. The minimum absolute atomic E-state index is 0.244. The molecule has 2 aliphatic rings. The molecule has 6 nitrogen and oxygen atoms in total. The number of nitrogens with zero attached hydrogens (tertiary/aromatic N) is 4. The molecule has 0 aromatic heterocycles. The third kappa shape index (κ3) is 5.53. The molecule has 0 saturated carbocycles. The highest BCUT2D eigenvalue weighted by atomic mass is 16.5. The van der Waals surface area contributed by atoms with E-state index in [-0.39, 0.29) is 5.96 Å². The maximum absolute atomic E-state index is 5.96. The summed E-state index contributed by atoms with van der Waals surface area (Å²) in [6, 6.07) is 6.95. The molecule has 28 heavy (non-hydrogen) atoms. The SMILES string of the molecule is C=C/C=C/C=N/C(N)=Nc1ccc(N2CCOCC2)c(CN2CCCC2C)c1. The molecule has 6 heteroatoms. The Labute approximate surface area is 168 Å². The van der Waals surface area contributed by atoms with Gasteiger partial charge in [-0.15, -0.1) is 0 Å². The van der Waals surface area contributed by atoms with Gasteiger partial charge in [0.15, 0.2) is 0 Å². The van der Waals surface area contributed by atoms with Crippen LogP contribution in [0.4, 0.5) is 11.4 Å². The largest absolute Gasteiger partial charge is 0.378 e. The van der Waals surface area contributed by atoms with Crippen LogP contribution in [-0.2, 0) is 11.3 Å². The van der Waals surface area contributed by atoms with Gasteiger partial charge in [-0.2, -0.15) is 0 Å². The van der Waals surface area contributed by atoms with Crippen LogP contribution in [0.2, 0.25) is 0 Å². The third-order valence-corrected chi connectivity index (χ3v) is 5.26. The Morgan fingerprint density at radius 3 is 2.82 bits per heavy atom. The Morgan fingerprint density at radius 1 is 1.29 bits per heavy atom. The highest BCUT2D eigenvalue weighted by Gasteiger charge is 2.23. The molecule has 2 N–H and O–H groups in total. The molecule has 2 saturated heterocycles. The molecule has 0 spiro atoms. The normalized spacial score (nSPS) is 21.8. The Kier molecular flexibility index (Phi) is 7.39. The lowest BCUT2D eigenvalue weighted by Gasteiger charge is -2.32. The van der Waals surface area contributed by atoms with Gasteiger partial charge in [-0.3, -0.25) is 4.90 Å². The molecule has 150 valence electrons. The van der Waals surface area contributed by atoms with E-state index in [2.05, 4.69) is 45.4 Å². The molecule has 0 amide bonds. The third-order valence-electron chi connectivity index (χ3n) is 5.26. The Balaban J connectivity index is 1.83. The molecule has 3 rings (SSSR count). The van der Waals surface area contributed by atoms with Crippen molar-refractivity contribution in [3.63, 3.8) is 0 Å². The van der Waals surface area contributed by atoms with E-state index in [1.54, 1.807) is 24.4 Å². The summed E-state index contributed by atoms with van der Waals surface area (Å²) < 4.78 is 5.52. The molecule has 0 radical (unpaired) electrons. The van der Waals surface area contributed by atoms with E-state index < -0.39 is 0 Å². The van der Waals surface area contributed by atoms with Gasteiger partial charge in [0, 0.05) is 37.6 Å². The fourth-order valence-corrected chi connectivity index (χ4v) is 3.74. The van der Waals surface area contributed by atoms with Gasteiger partial charge in [-0.25, -0.2) is 9.98 Å². The molecule has 0 aliphatic carbocycles. The number of likely N-dealkylation sites (tertiary alicyclic amines) is 1. The number of nitrogens with two attached hydrogens (primary N) is 1. The van der Waals surface area contributed by atoms with Gasteiger partial charge < -0.3 is 15.4 Å². The van der Waals surface area contributed by atoms with Crippen molar-refractivity contribution in [1.82, 2.24) is 4.90 Å². The monoisotopic (exact) mass is 381 g/mol. The van der Waals surface area contributed by atoms with E-state index >= 15 is 0 Å². The lowest BCUT2D eigenvalue weighted by Crippen LogP contribution is -2.37. The number of allylic oxidation sites excluding steroid dienone is 3. The predicted molar refractivity (Wildman–Crippen MR) is 118 cm³/mol. The topological polar surface area (TPSA) is 66.4 Å². The second-order valence-electron chi connectivity index (χ2n) is 7.24. The van der Waals surface area contributed by atoms with E-state index in [0.717, 1.165) is 45.1 Å².